The first-order valence-electron chi connectivity index (χ1n) is 8.01. The predicted octanol–water partition coefficient (Wildman–Crippen LogP) is 3.50. The van der Waals surface area contributed by atoms with Crippen molar-refractivity contribution in [2.45, 2.75) is 59.6 Å². The van der Waals surface area contributed by atoms with Gasteiger partial charge in [-0.15, -0.1) is 35.3 Å². The lowest BCUT2D eigenvalue weighted by Gasteiger charge is -2.20. The summed E-state index contributed by atoms with van der Waals surface area (Å²) in [5.41, 5.74) is -0.483. The van der Waals surface area contributed by atoms with Gasteiger partial charge in [0.1, 0.15) is 12.1 Å². The van der Waals surface area contributed by atoms with Crippen LogP contribution in [-0.2, 0) is 16.0 Å². The molecular weight excluding hydrogens is 437 g/mol. The molecule has 0 saturated heterocycles. The molecule has 24 heavy (non-hydrogen) atoms. The highest BCUT2D eigenvalue weighted by Gasteiger charge is 2.16. The highest BCUT2D eigenvalue weighted by atomic mass is 127. The minimum atomic E-state index is -0.483. The fourth-order valence-electron chi connectivity index (χ4n) is 2.02. The second-order valence-electron chi connectivity index (χ2n) is 6.54. The molecule has 138 valence electrons. The third kappa shape index (κ3) is 10.1. The number of nitrogens with zero attached hydrogens (tertiary/aromatic N) is 1. The number of rotatable bonds is 6. The number of guanidine groups is 1. The van der Waals surface area contributed by atoms with Crippen LogP contribution in [0.4, 0.5) is 0 Å². The van der Waals surface area contributed by atoms with Gasteiger partial charge in [0.05, 0.1) is 0 Å². The van der Waals surface area contributed by atoms with Gasteiger partial charge in [0.25, 0.3) is 0 Å². The van der Waals surface area contributed by atoms with Crippen LogP contribution in [0.5, 0.6) is 0 Å². The van der Waals surface area contributed by atoms with E-state index in [0.29, 0.717) is 5.96 Å². The Balaban J connectivity index is 0.00000529. The monoisotopic (exact) mass is 467 g/mol. The number of ether oxygens (including phenoxy) is 1. The standard InChI is InChI=1S/C17H29N3O2S.HI/c1-7-18-16(19-11-15(21)22-17(4,5)6)20-12(2)10-14-9-8-13(3)23-14;/h8-9,12H,7,10-11H2,1-6H3,(H2,18,19,20);1H. The minimum Gasteiger partial charge on any atom is -0.459 e. The van der Waals surface area contributed by atoms with Crippen molar-refractivity contribution in [3.8, 4) is 0 Å². The number of halogens is 1. The average Bonchev–Trinajstić information content (AvgIpc) is 2.79. The number of carbonyl (C=O) groups is 1. The summed E-state index contributed by atoms with van der Waals surface area (Å²) in [4.78, 5) is 18.7. The Bertz CT molecular complexity index is 538. The van der Waals surface area contributed by atoms with E-state index < -0.39 is 5.60 Å². The lowest BCUT2D eigenvalue weighted by atomic mass is 10.2. The van der Waals surface area contributed by atoms with Crippen LogP contribution < -0.4 is 10.6 Å². The fourth-order valence-corrected chi connectivity index (χ4v) is 3.04. The van der Waals surface area contributed by atoms with Crippen molar-refractivity contribution in [3.63, 3.8) is 0 Å². The maximum atomic E-state index is 11.8. The van der Waals surface area contributed by atoms with Crippen molar-refractivity contribution >= 4 is 47.2 Å². The molecule has 0 radical (unpaired) electrons. The van der Waals surface area contributed by atoms with E-state index in [0.717, 1.165) is 13.0 Å². The molecular formula is C17H30IN3O2S. The molecule has 1 unspecified atom stereocenters. The summed E-state index contributed by atoms with van der Waals surface area (Å²) in [5, 5.41) is 6.49. The van der Waals surface area contributed by atoms with Crippen LogP contribution in [0, 0.1) is 6.92 Å². The lowest BCUT2D eigenvalue weighted by Crippen LogP contribution is -2.43. The maximum Gasteiger partial charge on any atom is 0.328 e. The molecule has 0 aromatic carbocycles. The summed E-state index contributed by atoms with van der Waals surface area (Å²) < 4.78 is 5.27. The van der Waals surface area contributed by atoms with Gasteiger partial charge in [0, 0.05) is 28.8 Å². The molecule has 0 bridgehead atoms. The Labute approximate surface area is 166 Å². The molecule has 2 N–H and O–H groups in total. The molecule has 1 atom stereocenters. The first-order valence-corrected chi connectivity index (χ1v) is 8.83. The zero-order chi connectivity index (χ0) is 17.5. The summed E-state index contributed by atoms with van der Waals surface area (Å²) in [6, 6.07) is 4.52. The number of esters is 1. The number of aryl methyl sites for hydroxylation is 1. The first-order chi connectivity index (χ1) is 10.7. The molecule has 0 aliphatic rings. The molecule has 0 fully saturated rings. The second kappa shape index (κ2) is 10.9. The van der Waals surface area contributed by atoms with Crippen LogP contribution in [-0.4, -0.2) is 36.7 Å². The topological polar surface area (TPSA) is 62.7 Å². The van der Waals surface area contributed by atoms with Crippen molar-refractivity contribution in [2.75, 3.05) is 13.1 Å². The van der Waals surface area contributed by atoms with E-state index in [1.54, 1.807) is 11.3 Å². The SMILES string of the molecule is CCNC(=NCC(=O)OC(C)(C)C)NC(C)Cc1ccc(C)s1.I. The van der Waals surface area contributed by atoms with Crippen LogP contribution >= 0.6 is 35.3 Å². The van der Waals surface area contributed by atoms with Gasteiger partial charge in [-0.3, -0.25) is 4.79 Å². The van der Waals surface area contributed by atoms with E-state index in [9.17, 15) is 4.79 Å². The van der Waals surface area contributed by atoms with Gasteiger partial charge in [-0.05, 0) is 53.7 Å². The highest BCUT2D eigenvalue weighted by Crippen LogP contribution is 2.16. The van der Waals surface area contributed by atoms with Gasteiger partial charge >= 0.3 is 5.97 Å². The van der Waals surface area contributed by atoms with E-state index in [4.69, 9.17) is 4.74 Å². The Morgan fingerprint density at radius 3 is 2.54 bits per heavy atom. The number of hydrogen-bond donors (Lipinski definition) is 2. The van der Waals surface area contributed by atoms with E-state index >= 15 is 0 Å². The van der Waals surface area contributed by atoms with Gasteiger partial charge in [0.15, 0.2) is 5.96 Å². The third-order valence-electron chi connectivity index (χ3n) is 2.82. The van der Waals surface area contributed by atoms with E-state index in [1.165, 1.54) is 9.75 Å². The smallest absolute Gasteiger partial charge is 0.328 e. The molecule has 5 nitrogen and oxygen atoms in total. The van der Waals surface area contributed by atoms with Crippen molar-refractivity contribution in [1.82, 2.24) is 10.6 Å². The van der Waals surface area contributed by atoms with Crippen LogP contribution in [0.3, 0.4) is 0 Å². The molecule has 0 amide bonds. The van der Waals surface area contributed by atoms with Gasteiger partial charge in [-0.1, -0.05) is 0 Å². The van der Waals surface area contributed by atoms with Gasteiger partial charge in [-0.2, -0.15) is 0 Å². The van der Waals surface area contributed by atoms with Crippen LogP contribution in [0.25, 0.3) is 0 Å². The number of hydrogen-bond acceptors (Lipinski definition) is 4. The molecule has 0 aliphatic heterocycles. The summed E-state index contributed by atoms with van der Waals surface area (Å²) in [6.45, 7) is 12.5. The summed E-state index contributed by atoms with van der Waals surface area (Å²) >= 11 is 1.81. The first kappa shape index (κ1) is 23.2. The molecule has 1 rings (SSSR count). The molecule has 1 aromatic heterocycles. The Morgan fingerprint density at radius 1 is 1.38 bits per heavy atom. The Morgan fingerprint density at radius 2 is 2.04 bits per heavy atom. The number of nitrogens with one attached hydrogen (secondary N) is 2. The Kier molecular flexibility index (Phi) is 10.5. The lowest BCUT2D eigenvalue weighted by molar-refractivity contribution is -0.152. The quantitative estimate of drug-likeness (QED) is 0.291. The largest absolute Gasteiger partial charge is 0.459 e. The second-order valence-corrected chi connectivity index (χ2v) is 7.92. The van der Waals surface area contributed by atoms with Crippen molar-refractivity contribution in [1.29, 1.82) is 0 Å². The molecule has 0 saturated carbocycles. The van der Waals surface area contributed by atoms with Crippen LogP contribution in [0.2, 0.25) is 0 Å². The minimum absolute atomic E-state index is 0. The maximum absolute atomic E-state index is 11.8. The van der Waals surface area contributed by atoms with Crippen LogP contribution in [0.15, 0.2) is 17.1 Å². The highest BCUT2D eigenvalue weighted by molar-refractivity contribution is 14.0. The normalized spacial score (nSPS) is 13.0. The van der Waals surface area contributed by atoms with E-state index in [2.05, 4.69) is 41.6 Å². The summed E-state index contributed by atoms with van der Waals surface area (Å²) in [7, 11) is 0. The number of aliphatic imine (C=N–C) groups is 1. The molecule has 1 heterocycles. The molecule has 1 aromatic rings. The Hall–Kier alpha value is -0.830. The molecule has 7 heteroatoms. The fraction of sp³-hybridized carbons (Fsp3) is 0.647. The predicted molar refractivity (Wildman–Crippen MR) is 113 cm³/mol. The van der Waals surface area contributed by atoms with Gasteiger partial charge in [0.2, 0.25) is 0 Å². The number of carbonyl (C=O) groups excluding carboxylic acids is 1. The third-order valence-corrected chi connectivity index (χ3v) is 3.84. The summed E-state index contributed by atoms with van der Waals surface area (Å²) in [5.74, 6) is 0.315. The molecule has 0 aliphatic carbocycles. The number of thiophene rings is 1. The zero-order valence-corrected chi connectivity index (χ0v) is 18.6. The average molecular weight is 467 g/mol. The van der Waals surface area contributed by atoms with E-state index in [1.807, 2.05) is 27.7 Å². The van der Waals surface area contributed by atoms with Crippen molar-refractivity contribution < 1.29 is 9.53 Å². The van der Waals surface area contributed by atoms with Crippen molar-refractivity contribution in [2.24, 2.45) is 4.99 Å². The zero-order valence-electron chi connectivity index (χ0n) is 15.4. The summed E-state index contributed by atoms with van der Waals surface area (Å²) in [6.07, 6.45) is 0.926. The van der Waals surface area contributed by atoms with E-state index in [-0.39, 0.29) is 42.5 Å². The van der Waals surface area contributed by atoms with Crippen molar-refractivity contribution in [3.05, 3.63) is 21.9 Å². The van der Waals surface area contributed by atoms with Gasteiger partial charge in [-0.25, -0.2) is 4.99 Å². The van der Waals surface area contributed by atoms with Gasteiger partial charge < -0.3 is 15.4 Å². The molecule has 0 spiro atoms. The van der Waals surface area contributed by atoms with Crippen LogP contribution in [0.1, 0.15) is 44.4 Å².